The van der Waals surface area contributed by atoms with Crippen molar-refractivity contribution in [2.75, 3.05) is 58.2 Å². The number of carbonyl (C=O) groups excluding carboxylic acids is 6. The van der Waals surface area contributed by atoms with Gasteiger partial charge in [-0.25, -0.2) is 14.4 Å². The molecule has 1 aliphatic rings. The highest BCUT2D eigenvalue weighted by Crippen LogP contribution is 2.36. The molecule has 1 aliphatic heterocycles. The molecule has 9 aromatic carbocycles. The Bertz CT molecular complexity index is 7240. The summed E-state index contributed by atoms with van der Waals surface area (Å²) in [5.41, 5.74) is 27.8. The fourth-order valence-electron chi connectivity index (χ4n) is 16.3. The molecular formula is C119H117BrFN15O7S. The maximum Gasteiger partial charge on any atom is 0.241 e. The van der Waals surface area contributed by atoms with Crippen LogP contribution in [0.4, 0.5) is 38.5 Å². The van der Waals surface area contributed by atoms with Gasteiger partial charge in [-0.2, -0.15) is 5.26 Å². The van der Waals surface area contributed by atoms with Crippen molar-refractivity contribution in [1.29, 1.82) is 5.26 Å². The zero-order chi connectivity index (χ0) is 103. The summed E-state index contributed by atoms with van der Waals surface area (Å²) in [5, 5.41) is 35.1. The Morgan fingerprint density at radius 3 is 1.19 bits per heavy atom. The number of hydrogen-bond donors (Lipinski definition) is 6. The number of rotatable bonds is 24. The highest BCUT2D eigenvalue weighted by Gasteiger charge is 2.30. The predicted molar refractivity (Wildman–Crippen MR) is 580 cm³/mol. The minimum atomic E-state index is -0.965. The normalized spacial score (nSPS) is 12.4. The van der Waals surface area contributed by atoms with Gasteiger partial charge < -0.3 is 41.5 Å². The summed E-state index contributed by atoms with van der Waals surface area (Å²) < 4.78 is 14.5. The fraction of sp³-hybridized carbons (Fsp3) is 0.210. The lowest BCUT2D eigenvalue weighted by Crippen LogP contribution is -2.48. The molecule has 22 nitrogen and oxygen atoms in total. The van der Waals surface area contributed by atoms with Gasteiger partial charge in [0.05, 0.1) is 52.9 Å². The summed E-state index contributed by atoms with van der Waals surface area (Å²) in [4.78, 5) is 110. The van der Waals surface area contributed by atoms with Crippen molar-refractivity contribution >= 4 is 96.8 Å². The molecule has 1 fully saturated rings. The van der Waals surface area contributed by atoms with E-state index < -0.39 is 17.4 Å². The summed E-state index contributed by atoms with van der Waals surface area (Å²) in [6.07, 6.45) is 11.3. The number of aromatic nitrogens is 7. The number of nitriles is 1. The number of aliphatic hydroxyl groups is 1. The lowest BCUT2D eigenvalue weighted by molar-refractivity contribution is -0.129. The molecule has 0 radical (unpaired) electrons. The Morgan fingerprint density at radius 1 is 0.431 bits per heavy atom. The van der Waals surface area contributed by atoms with Crippen molar-refractivity contribution in [3.05, 3.63) is 410 Å². The lowest BCUT2D eigenvalue weighted by atomic mass is 9.87. The zero-order valence-corrected chi connectivity index (χ0v) is 85.8. The third-order valence-corrected chi connectivity index (χ3v) is 25.7. The second-order valence-electron chi connectivity index (χ2n) is 36.6. The van der Waals surface area contributed by atoms with Crippen LogP contribution in [0, 0.1) is 79.5 Å². The van der Waals surface area contributed by atoms with Crippen molar-refractivity contribution < 1.29 is 38.3 Å². The minimum Gasteiger partial charge on any atom is -0.390 e. The number of likely N-dealkylation sites (N-methyl/N-ethyl adjacent to an activating group) is 1. The quantitative estimate of drug-likeness (QED) is 0.0328. The summed E-state index contributed by atoms with van der Waals surface area (Å²) in [6, 6.07) is 90.8. The van der Waals surface area contributed by atoms with Crippen molar-refractivity contribution in [2.24, 2.45) is 0 Å². The van der Waals surface area contributed by atoms with Crippen LogP contribution in [-0.4, -0.2) is 113 Å². The Kier molecular flexibility index (Phi) is 36.1. The molecule has 4 atom stereocenters. The Balaban J connectivity index is 0.000000152. The Hall–Kier alpha value is -16.0. The van der Waals surface area contributed by atoms with Crippen molar-refractivity contribution in [3.63, 3.8) is 0 Å². The molecule has 0 spiro atoms. The van der Waals surface area contributed by atoms with E-state index in [4.69, 9.17) is 5.26 Å². The first-order valence-electron chi connectivity index (χ1n) is 47.4. The molecule has 0 saturated carbocycles. The van der Waals surface area contributed by atoms with Gasteiger partial charge in [0.25, 0.3) is 0 Å². The first-order valence-corrected chi connectivity index (χ1v) is 49.0. The first-order chi connectivity index (χ1) is 69.0. The molecular weight excluding hydrogens is 1880 g/mol. The number of thiazole rings is 1. The van der Waals surface area contributed by atoms with Crippen molar-refractivity contribution in [3.8, 4) is 72.8 Å². The summed E-state index contributed by atoms with van der Waals surface area (Å²) in [7, 11) is 1.83. The van der Waals surface area contributed by atoms with Gasteiger partial charge in [0, 0.05) is 135 Å². The van der Waals surface area contributed by atoms with Crippen LogP contribution in [0.5, 0.6) is 0 Å². The van der Waals surface area contributed by atoms with Gasteiger partial charge >= 0.3 is 0 Å². The average molecular weight is 2000 g/mol. The first kappa shape index (κ1) is 105. The van der Waals surface area contributed by atoms with Crippen LogP contribution in [-0.2, 0) is 35.2 Å². The summed E-state index contributed by atoms with van der Waals surface area (Å²) in [5.74, 6) is -2.26. The molecule has 16 aromatic rings. The lowest BCUT2D eigenvalue weighted by Gasteiger charge is -2.34. The Labute approximate surface area is 854 Å². The Morgan fingerprint density at radius 2 is 0.812 bits per heavy atom. The van der Waals surface area contributed by atoms with Crippen molar-refractivity contribution in [2.45, 2.75) is 139 Å². The summed E-state index contributed by atoms with van der Waals surface area (Å²) >= 11 is 5.08. The van der Waals surface area contributed by atoms with Gasteiger partial charge in [0.15, 0.2) is 0 Å². The molecule has 25 heteroatoms. The van der Waals surface area contributed by atoms with Gasteiger partial charge in [0.2, 0.25) is 35.4 Å². The van der Waals surface area contributed by atoms with Gasteiger partial charge in [-0.1, -0.05) is 125 Å². The highest BCUT2D eigenvalue weighted by molar-refractivity contribution is 9.10. The van der Waals surface area contributed by atoms with Crippen LogP contribution in [0.1, 0.15) is 148 Å². The second kappa shape index (κ2) is 49.4. The summed E-state index contributed by atoms with van der Waals surface area (Å²) in [6.45, 7) is 28.5. The van der Waals surface area contributed by atoms with E-state index in [1.54, 1.807) is 80.3 Å². The number of amides is 6. The van der Waals surface area contributed by atoms with Crippen LogP contribution in [0.3, 0.4) is 0 Å². The smallest absolute Gasteiger partial charge is 0.241 e. The maximum absolute atomic E-state index is 13.6. The number of pyridine rings is 6. The van der Waals surface area contributed by atoms with Gasteiger partial charge in [-0.05, 0) is 368 Å². The van der Waals surface area contributed by atoms with E-state index in [1.807, 2.05) is 344 Å². The number of nitrogens with one attached hydrogen (secondary N) is 5. The molecule has 8 heterocycles. The molecule has 144 heavy (non-hydrogen) atoms. The third kappa shape index (κ3) is 30.5. The number of hydrogen-bond acceptors (Lipinski definition) is 17. The van der Waals surface area contributed by atoms with E-state index in [9.17, 15) is 38.3 Å². The second-order valence-corrected chi connectivity index (χ2v) is 38.9. The minimum absolute atomic E-state index is 0.0455. The molecule has 0 aliphatic carbocycles. The SMILES string of the molecule is Cc1cc(-c2ccc(NC(=O)C(C)c3cccc(-c4ccc(C#N)nc4)c3)cc2)ccn1.Cc1cc(-c2ccc(NC(=O)C(CC(C)(C)O)c3cccc(Br)c3)cc2)ccn1.Cc1cc(-c2ccc(NC(=O)Cc3nc(C)sc3C)cc2)ccn1.Cc1cc(C(C)C(=O)Nc2ccc(-c3ccnc(C)c3)cc2)cc(N2CCN(C)C(=O)C2)c1.Cc1cc(F)cc(C(C)C(=O)Nc2ccc(-c3ccnc(C)c3)cc2)c1. The van der Waals surface area contributed by atoms with E-state index in [0.29, 0.717) is 42.9 Å². The van der Waals surface area contributed by atoms with Gasteiger partial charge in [0.1, 0.15) is 17.6 Å². The topological polar surface area (TPSA) is 303 Å². The van der Waals surface area contributed by atoms with Crippen LogP contribution < -0.4 is 31.5 Å². The number of halogens is 2. The van der Waals surface area contributed by atoms with E-state index in [0.717, 1.165) is 178 Å². The maximum atomic E-state index is 13.6. The number of piperazine rings is 1. The van der Waals surface area contributed by atoms with E-state index in [-0.39, 0.29) is 53.1 Å². The largest absolute Gasteiger partial charge is 0.390 e. The van der Waals surface area contributed by atoms with Crippen LogP contribution in [0.2, 0.25) is 0 Å². The molecule has 6 amide bonds. The number of aryl methyl sites for hydroxylation is 9. The zero-order valence-electron chi connectivity index (χ0n) is 83.4. The molecule has 1 saturated heterocycles. The van der Waals surface area contributed by atoms with Gasteiger partial charge in [-0.3, -0.25) is 53.7 Å². The number of benzene rings is 9. The monoisotopic (exact) mass is 2000 g/mol. The molecule has 4 unspecified atom stereocenters. The third-order valence-electron chi connectivity index (χ3n) is 24.3. The average Bonchev–Trinajstić information content (AvgIpc) is 0.965. The van der Waals surface area contributed by atoms with Crippen LogP contribution in [0.25, 0.3) is 66.8 Å². The number of nitrogens with zero attached hydrogens (tertiary/aromatic N) is 10. The number of carbonyl (C=O) groups is 6. The van der Waals surface area contributed by atoms with Gasteiger partial charge in [-0.15, -0.1) is 11.3 Å². The predicted octanol–water partition coefficient (Wildman–Crippen LogP) is 25.4. The molecule has 730 valence electrons. The standard InChI is InChI=1S/C27H30N4O2.C27H22N4O.C24H25BrN2O2.C22H21FN2O.C19H19N3OS/c1-18-13-23(16-25(14-18)31-12-11-30(4)26(32)17-31)20(3)27(33)29-24-7-5-21(6-8-24)22-9-10-28-19(2)15-22;1-18-14-23(12-13-29-18)20-6-9-25(10-7-20)31-27(32)19(2)21-4-3-5-22(15-21)24-8-11-26(16-28)30-17-24;1-16-13-18(11-12-26-16)17-7-9-21(10-8-17)27-23(28)22(15-24(2,3)29)19-5-4-6-20(25)14-19;1-14-10-19(13-20(23)11-14)16(3)22(26)25-21-6-4-17(5-7-21)18-8-9-24-15(2)12-18;1-12-10-16(8-9-20-12)15-4-6-17(7-5-15)22-19(23)11-18-13(2)24-14(3)21-18/h5-10,13-16,20H,11-12,17H2,1-4H3,(H,29,33);3-15,17,19H,1-2H3,(H,31,32);4-14,22,29H,15H2,1-3H3,(H,27,28);4-13,16H,1-3H3,(H,25,26);4-10H,11H2,1-3H3,(H,22,23). The number of anilines is 6. The molecule has 7 aromatic heterocycles. The van der Waals surface area contributed by atoms with E-state index >= 15 is 0 Å². The van der Waals surface area contributed by atoms with Crippen LogP contribution in [0.15, 0.2) is 321 Å². The molecule has 0 bridgehead atoms. The molecule has 6 N–H and O–H groups in total. The fourth-order valence-corrected chi connectivity index (χ4v) is 17.6. The van der Waals surface area contributed by atoms with E-state index in [2.05, 4.69) is 88.4 Å². The highest BCUT2D eigenvalue weighted by atomic mass is 79.9. The molecule has 17 rings (SSSR count). The van der Waals surface area contributed by atoms with Crippen molar-refractivity contribution in [1.82, 2.24) is 39.8 Å². The van der Waals surface area contributed by atoms with E-state index in [1.165, 1.54) is 12.1 Å². The van der Waals surface area contributed by atoms with Crippen LogP contribution >= 0.6 is 27.3 Å².